The number of hydrogen-bond donors (Lipinski definition) is 2. The van der Waals surface area contributed by atoms with E-state index in [0.29, 0.717) is 24.8 Å². The highest BCUT2D eigenvalue weighted by atomic mass is 16.4. The molecule has 2 rings (SSSR count). The van der Waals surface area contributed by atoms with E-state index >= 15 is 0 Å². The van der Waals surface area contributed by atoms with Gasteiger partial charge in [-0.1, -0.05) is 41.0 Å². The van der Waals surface area contributed by atoms with E-state index in [-0.39, 0.29) is 22.7 Å². The van der Waals surface area contributed by atoms with Crippen LogP contribution in [0.4, 0.5) is 0 Å². The molecule has 2 N–H and O–H groups in total. The highest BCUT2D eigenvalue weighted by Crippen LogP contribution is 2.67. The zero-order chi connectivity index (χ0) is 16.0. The normalized spacial score (nSPS) is 33.7. The van der Waals surface area contributed by atoms with E-state index in [9.17, 15) is 14.7 Å². The van der Waals surface area contributed by atoms with Gasteiger partial charge in [-0.3, -0.25) is 9.59 Å². The van der Waals surface area contributed by atoms with Crippen LogP contribution >= 0.6 is 0 Å². The summed E-state index contributed by atoms with van der Waals surface area (Å²) in [5.41, 5.74) is 0.488. The molecule has 0 aromatic carbocycles. The predicted octanol–water partition coefficient (Wildman–Crippen LogP) is 2.92. The van der Waals surface area contributed by atoms with Gasteiger partial charge in [-0.2, -0.15) is 0 Å². The summed E-state index contributed by atoms with van der Waals surface area (Å²) in [4.78, 5) is 23.8. The first-order chi connectivity index (χ1) is 9.62. The minimum atomic E-state index is -0.821. The fourth-order valence-corrected chi connectivity index (χ4v) is 4.22. The number of rotatable bonds is 5. The first kappa shape index (κ1) is 16.3. The Morgan fingerprint density at radius 1 is 1.10 bits per heavy atom. The van der Waals surface area contributed by atoms with Gasteiger partial charge in [0.15, 0.2) is 0 Å². The number of carboxylic acids is 1. The standard InChI is InChI=1S/C17H29NO3/c1-6-10-7-11(12(8-10)15(20)21)14(19)18-9-13-16(2,3)17(13,4)5/h10-13H,6-9H2,1-5H3,(H,18,19)(H,20,21). The molecule has 2 saturated carbocycles. The van der Waals surface area contributed by atoms with E-state index in [4.69, 9.17) is 0 Å². The van der Waals surface area contributed by atoms with Gasteiger partial charge < -0.3 is 10.4 Å². The van der Waals surface area contributed by atoms with Crippen LogP contribution in [-0.4, -0.2) is 23.5 Å². The van der Waals surface area contributed by atoms with Gasteiger partial charge in [-0.25, -0.2) is 0 Å². The van der Waals surface area contributed by atoms with Crippen molar-refractivity contribution in [3.63, 3.8) is 0 Å². The molecule has 4 heteroatoms. The fraction of sp³-hybridized carbons (Fsp3) is 0.882. The van der Waals surface area contributed by atoms with Gasteiger partial charge in [0.1, 0.15) is 0 Å². The van der Waals surface area contributed by atoms with Crippen molar-refractivity contribution in [2.45, 2.75) is 53.9 Å². The van der Waals surface area contributed by atoms with Crippen LogP contribution in [0.1, 0.15) is 53.9 Å². The summed E-state index contributed by atoms with van der Waals surface area (Å²) in [5, 5.41) is 12.3. The average molecular weight is 295 g/mol. The van der Waals surface area contributed by atoms with E-state index in [1.165, 1.54) is 0 Å². The maximum Gasteiger partial charge on any atom is 0.307 e. The third-order valence-electron chi connectivity index (χ3n) is 6.69. The van der Waals surface area contributed by atoms with E-state index in [2.05, 4.69) is 39.9 Å². The van der Waals surface area contributed by atoms with E-state index in [1.807, 2.05) is 0 Å². The molecule has 1 amide bonds. The van der Waals surface area contributed by atoms with E-state index in [1.54, 1.807) is 0 Å². The van der Waals surface area contributed by atoms with Crippen molar-refractivity contribution in [1.82, 2.24) is 5.32 Å². The van der Waals surface area contributed by atoms with Gasteiger partial charge in [0, 0.05) is 6.54 Å². The van der Waals surface area contributed by atoms with Crippen LogP contribution in [0.3, 0.4) is 0 Å². The Morgan fingerprint density at radius 3 is 2.05 bits per heavy atom. The second-order valence-electron chi connectivity index (χ2n) is 8.04. The van der Waals surface area contributed by atoms with Crippen molar-refractivity contribution >= 4 is 11.9 Å². The van der Waals surface area contributed by atoms with Crippen LogP contribution in [0.25, 0.3) is 0 Å². The molecule has 0 heterocycles. The van der Waals surface area contributed by atoms with Gasteiger partial charge in [-0.05, 0) is 35.5 Å². The summed E-state index contributed by atoms with van der Waals surface area (Å²) in [7, 11) is 0. The smallest absolute Gasteiger partial charge is 0.307 e. The molecular weight excluding hydrogens is 266 g/mol. The molecule has 0 aromatic heterocycles. The molecule has 0 spiro atoms. The summed E-state index contributed by atoms with van der Waals surface area (Å²) < 4.78 is 0. The molecule has 3 unspecified atom stereocenters. The number of carbonyl (C=O) groups is 2. The molecule has 0 saturated heterocycles. The SMILES string of the molecule is CCC1CC(C(=O)O)C(C(=O)NCC2C(C)(C)C2(C)C)C1. The van der Waals surface area contributed by atoms with Crippen molar-refractivity contribution in [2.24, 2.45) is 34.5 Å². The number of carbonyl (C=O) groups excluding carboxylic acids is 1. The molecule has 0 radical (unpaired) electrons. The van der Waals surface area contributed by atoms with Crippen LogP contribution in [0, 0.1) is 34.5 Å². The molecule has 3 atom stereocenters. The van der Waals surface area contributed by atoms with Crippen molar-refractivity contribution < 1.29 is 14.7 Å². The Labute approximate surface area is 127 Å². The molecule has 21 heavy (non-hydrogen) atoms. The molecule has 0 aromatic rings. The third kappa shape index (κ3) is 2.69. The highest BCUT2D eigenvalue weighted by molar-refractivity contribution is 5.85. The number of nitrogens with one attached hydrogen (secondary N) is 1. The maximum absolute atomic E-state index is 12.4. The third-order valence-corrected chi connectivity index (χ3v) is 6.69. The number of amides is 1. The Balaban J connectivity index is 1.93. The quantitative estimate of drug-likeness (QED) is 0.819. The fourth-order valence-electron chi connectivity index (χ4n) is 4.22. The Bertz CT molecular complexity index is 427. The molecule has 2 aliphatic rings. The molecule has 120 valence electrons. The van der Waals surface area contributed by atoms with Gasteiger partial charge in [0.05, 0.1) is 11.8 Å². The van der Waals surface area contributed by atoms with Gasteiger partial charge in [0.2, 0.25) is 5.91 Å². The number of carboxylic acid groups (broad SMARTS) is 1. The molecule has 2 aliphatic carbocycles. The molecule has 2 fully saturated rings. The molecule has 0 aliphatic heterocycles. The zero-order valence-electron chi connectivity index (χ0n) is 13.9. The number of aliphatic carboxylic acids is 1. The van der Waals surface area contributed by atoms with E-state index in [0.717, 1.165) is 12.8 Å². The lowest BCUT2D eigenvalue weighted by atomic mass is 9.95. The second-order valence-corrected chi connectivity index (χ2v) is 8.04. The maximum atomic E-state index is 12.4. The van der Waals surface area contributed by atoms with Gasteiger partial charge in [0.25, 0.3) is 0 Å². The minimum absolute atomic E-state index is 0.0585. The monoisotopic (exact) mass is 295 g/mol. The average Bonchev–Trinajstić information content (AvgIpc) is 2.74. The van der Waals surface area contributed by atoms with Crippen LogP contribution in [-0.2, 0) is 9.59 Å². The van der Waals surface area contributed by atoms with Crippen LogP contribution in [0.2, 0.25) is 0 Å². The summed E-state index contributed by atoms with van der Waals surface area (Å²) >= 11 is 0. The van der Waals surface area contributed by atoms with Crippen molar-refractivity contribution in [3.05, 3.63) is 0 Å². The van der Waals surface area contributed by atoms with Crippen LogP contribution in [0.5, 0.6) is 0 Å². The topological polar surface area (TPSA) is 66.4 Å². The lowest BCUT2D eigenvalue weighted by molar-refractivity contribution is -0.146. The minimum Gasteiger partial charge on any atom is -0.481 e. The summed E-state index contributed by atoms with van der Waals surface area (Å²) in [6, 6.07) is 0. The van der Waals surface area contributed by atoms with Crippen LogP contribution < -0.4 is 5.32 Å². The Morgan fingerprint density at radius 2 is 1.62 bits per heavy atom. The van der Waals surface area contributed by atoms with Gasteiger partial charge >= 0.3 is 5.97 Å². The molecule has 4 nitrogen and oxygen atoms in total. The zero-order valence-corrected chi connectivity index (χ0v) is 13.9. The van der Waals surface area contributed by atoms with E-state index < -0.39 is 11.9 Å². The summed E-state index contributed by atoms with van der Waals surface area (Å²) in [6.07, 6.45) is 2.32. The second kappa shape index (κ2) is 5.29. The summed E-state index contributed by atoms with van der Waals surface area (Å²) in [6.45, 7) is 11.6. The van der Waals surface area contributed by atoms with Crippen molar-refractivity contribution in [3.8, 4) is 0 Å². The van der Waals surface area contributed by atoms with Crippen molar-refractivity contribution in [1.29, 1.82) is 0 Å². The molecule has 0 bridgehead atoms. The molecular formula is C17H29NO3. The Hall–Kier alpha value is -1.06. The lowest BCUT2D eigenvalue weighted by Crippen LogP contribution is -2.36. The first-order valence-corrected chi connectivity index (χ1v) is 8.13. The summed E-state index contributed by atoms with van der Waals surface area (Å²) in [5.74, 6) is -0.890. The van der Waals surface area contributed by atoms with Crippen molar-refractivity contribution in [2.75, 3.05) is 6.54 Å². The highest BCUT2D eigenvalue weighted by Gasteiger charge is 2.64. The number of hydrogen-bond acceptors (Lipinski definition) is 2. The van der Waals surface area contributed by atoms with Crippen LogP contribution in [0.15, 0.2) is 0 Å². The Kier molecular flexibility index (Phi) is 4.11. The predicted molar refractivity (Wildman–Crippen MR) is 81.7 cm³/mol. The first-order valence-electron chi connectivity index (χ1n) is 8.13. The lowest BCUT2D eigenvalue weighted by Gasteiger charge is -2.16. The van der Waals surface area contributed by atoms with Gasteiger partial charge in [-0.15, -0.1) is 0 Å². The largest absolute Gasteiger partial charge is 0.481 e.